The van der Waals surface area contributed by atoms with Gasteiger partial charge < -0.3 is 9.05 Å². The molecule has 176 valence electrons. The van der Waals surface area contributed by atoms with Gasteiger partial charge in [0.25, 0.3) is 0 Å². The van der Waals surface area contributed by atoms with Crippen molar-refractivity contribution in [1.82, 2.24) is 0 Å². The molecule has 0 heterocycles. The van der Waals surface area contributed by atoms with Crippen molar-refractivity contribution < 1.29 is 9.05 Å². The highest BCUT2D eigenvalue weighted by Crippen LogP contribution is 2.60. The van der Waals surface area contributed by atoms with E-state index in [1.54, 1.807) is 11.4 Å². The van der Waals surface area contributed by atoms with Gasteiger partial charge in [-0.25, -0.2) is 0 Å². The van der Waals surface area contributed by atoms with Gasteiger partial charge in [0.15, 0.2) is 0 Å². The number of hydrogen-bond donors (Lipinski definition) is 0. The van der Waals surface area contributed by atoms with Gasteiger partial charge in [-0.15, -0.1) is 0 Å². The molecule has 33 heavy (non-hydrogen) atoms. The quantitative estimate of drug-likeness (QED) is 0.206. The largest absolute Gasteiger partial charge is 0.428 e. The average molecular weight is 499 g/mol. The molecule has 0 saturated heterocycles. The average Bonchev–Trinajstić information content (AvgIpc) is 2.82. The Kier molecular flexibility index (Phi) is 10.9. The molecule has 3 aromatic rings. The summed E-state index contributed by atoms with van der Waals surface area (Å²) in [6, 6.07) is 27.2. The Hall–Kier alpha value is -1.74. The minimum Gasteiger partial charge on any atom is -0.428 e. The number of rotatable bonds is 14. The van der Waals surface area contributed by atoms with Crippen molar-refractivity contribution >= 4 is 28.9 Å². The van der Waals surface area contributed by atoms with Crippen molar-refractivity contribution in [3.63, 3.8) is 0 Å². The summed E-state index contributed by atoms with van der Waals surface area (Å²) in [5, 5.41) is 0. The highest BCUT2D eigenvalue weighted by Gasteiger charge is 2.24. The maximum atomic E-state index is 6.45. The second kappa shape index (κ2) is 13.8. The first kappa shape index (κ1) is 25.9. The molecule has 0 N–H and O–H groups in total. The zero-order valence-corrected chi connectivity index (χ0v) is 22.3. The number of benzene rings is 3. The smallest absolute Gasteiger partial charge is 0.348 e. The molecule has 0 amide bonds. The third-order valence-corrected chi connectivity index (χ3v) is 10.3. The van der Waals surface area contributed by atoms with Gasteiger partial charge in [0, 0.05) is 5.75 Å². The Morgan fingerprint density at radius 2 is 1.18 bits per heavy atom. The first-order valence-corrected chi connectivity index (χ1v) is 16.2. The first-order valence-electron chi connectivity index (χ1n) is 12.0. The molecule has 0 unspecified atom stereocenters. The molecule has 0 aliphatic carbocycles. The van der Waals surface area contributed by atoms with Crippen LogP contribution in [0.1, 0.15) is 56.2 Å². The predicted octanol–water partition coefficient (Wildman–Crippen LogP) is 9.03. The summed E-state index contributed by atoms with van der Waals surface area (Å²) in [6.07, 6.45) is 7.74. The van der Waals surface area contributed by atoms with Crippen LogP contribution < -0.4 is 9.05 Å². The van der Waals surface area contributed by atoms with E-state index < -0.39 is 5.69 Å². The fraction of sp³-hybridized carbons (Fsp3) is 0.357. The predicted molar refractivity (Wildman–Crippen MR) is 148 cm³/mol. The normalized spacial score (nSPS) is 11.3. The second-order valence-corrected chi connectivity index (χ2v) is 14.5. The topological polar surface area (TPSA) is 18.5 Å². The Bertz CT molecular complexity index is 966. The van der Waals surface area contributed by atoms with Crippen molar-refractivity contribution in [3.05, 3.63) is 95.6 Å². The molecule has 0 aliphatic rings. The Balaban J connectivity index is 1.76. The van der Waals surface area contributed by atoms with Crippen LogP contribution in [0.4, 0.5) is 0 Å². The fourth-order valence-electron chi connectivity index (χ4n) is 3.53. The third-order valence-electron chi connectivity index (χ3n) is 5.35. The zero-order chi connectivity index (χ0) is 23.4. The fourth-order valence-corrected chi connectivity index (χ4v) is 7.93. The lowest BCUT2D eigenvalue weighted by Crippen LogP contribution is -2.01. The molecule has 0 radical (unpaired) electrons. The first-order chi connectivity index (χ1) is 16.1. The summed E-state index contributed by atoms with van der Waals surface area (Å²) >= 11 is 7.71. The van der Waals surface area contributed by atoms with E-state index in [2.05, 4.69) is 74.5 Å². The van der Waals surface area contributed by atoms with Gasteiger partial charge in [0.05, 0.1) is 0 Å². The van der Waals surface area contributed by atoms with Crippen LogP contribution in [0, 0.1) is 0 Å². The summed E-state index contributed by atoms with van der Waals surface area (Å²) < 4.78 is 12.9. The molecule has 0 atom stereocenters. The minimum absolute atomic E-state index is 0.807. The number of hydrogen-bond acceptors (Lipinski definition) is 4. The molecule has 0 saturated carbocycles. The van der Waals surface area contributed by atoms with Crippen LogP contribution in [0.5, 0.6) is 11.5 Å². The van der Waals surface area contributed by atoms with E-state index in [9.17, 15) is 0 Å². The molecular formula is C28H35O2PS2. The summed E-state index contributed by atoms with van der Waals surface area (Å²) in [7, 11) is 0. The molecule has 3 aromatic carbocycles. The van der Waals surface area contributed by atoms with Crippen LogP contribution in [0.2, 0.25) is 0 Å². The van der Waals surface area contributed by atoms with Crippen LogP contribution >= 0.6 is 17.1 Å². The molecule has 0 aliphatic heterocycles. The molecule has 0 bridgehead atoms. The van der Waals surface area contributed by atoms with Crippen LogP contribution in [0.3, 0.4) is 0 Å². The number of aryl methyl sites for hydroxylation is 3. The van der Waals surface area contributed by atoms with E-state index in [1.165, 1.54) is 42.4 Å². The molecular weight excluding hydrogens is 463 g/mol. The van der Waals surface area contributed by atoms with E-state index >= 15 is 0 Å². The van der Waals surface area contributed by atoms with Crippen molar-refractivity contribution in [3.8, 4) is 11.5 Å². The lowest BCUT2D eigenvalue weighted by Gasteiger charge is -2.23. The molecule has 3 rings (SSSR count). The van der Waals surface area contributed by atoms with Gasteiger partial charge in [-0.3, -0.25) is 0 Å². The Morgan fingerprint density at radius 1 is 0.667 bits per heavy atom. The summed E-state index contributed by atoms with van der Waals surface area (Å²) in [5.41, 5.74) is 1.23. The Morgan fingerprint density at radius 3 is 1.70 bits per heavy atom. The molecule has 0 aromatic heterocycles. The lowest BCUT2D eigenvalue weighted by molar-refractivity contribution is 0.505. The molecule has 2 nitrogen and oxygen atoms in total. The third kappa shape index (κ3) is 9.20. The van der Waals surface area contributed by atoms with Gasteiger partial charge in [0.2, 0.25) is 0 Å². The highest BCUT2D eigenvalue weighted by molar-refractivity contribution is 8.68. The van der Waals surface area contributed by atoms with Gasteiger partial charge in [-0.2, -0.15) is 0 Å². The van der Waals surface area contributed by atoms with Gasteiger partial charge in [0.1, 0.15) is 11.5 Å². The highest BCUT2D eigenvalue weighted by atomic mass is 32.9. The van der Waals surface area contributed by atoms with Gasteiger partial charge >= 0.3 is 5.69 Å². The van der Waals surface area contributed by atoms with Gasteiger partial charge in [-0.1, -0.05) is 81.3 Å². The van der Waals surface area contributed by atoms with E-state index in [0.29, 0.717) is 0 Å². The Labute approximate surface area is 209 Å². The van der Waals surface area contributed by atoms with E-state index in [1.807, 2.05) is 18.2 Å². The van der Waals surface area contributed by atoms with Gasteiger partial charge in [-0.05, 0) is 96.2 Å². The maximum Gasteiger partial charge on any atom is 0.348 e. The summed E-state index contributed by atoms with van der Waals surface area (Å²) in [5.74, 6) is 2.47. The second-order valence-electron chi connectivity index (χ2n) is 8.20. The minimum atomic E-state index is -2.64. The van der Waals surface area contributed by atoms with Crippen LogP contribution in [-0.4, -0.2) is 5.75 Å². The summed E-state index contributed by atoms with van der Waals surface area (Å²) in [4.78, 5) is 0. The SMILES string of the molecule is CCCCc1cccc(OP(=S)(Oc2cccc(CCCC)c2)SCCc2ccccc2)c1. The van der Waals surface area contributed by atoms with Crippen molar-refractivity contribution in [2.24, 2.45) is 0 Å². The van der Waals surface area contributed by atoms with E-state index in [0.717, 1.165) is 36.5 Å². The molecule has 0 spiro atoms. The summed E-state index contributed by atoms with van der Waals surface area (Å²) in [6.45, 7) is 4.43. The lowest BCUT2D eigenvalue weighted by atomic mass is 10.1. The van der Waals surface area contributed by atoms with Crippen molar-refractivity contribution in [2.75, 3.05) is 5.75 Å². The van der Waals surface area contributed by atoms with Crippen LogP contribution in [-0.2, 0) is 31.1 Å². The monoisotopic (exact) mass is 498 g/mol. The maximum absolute atomic E-state index is 6.45. The molecule has 0 fully saturated rings. The van der Waals surface area contributed by atoms with Crippen molar-refractivity contribution in [1.29, 1.82) is 0 Å². The van der Waals surface area contributed by atoms with Crippen LogP contribution in [0.15, 0.2) is 78.9 Å². The zero-order valence-electron chi connectivity index (χ0n) is 19.7. The standard InChI is InChI=1S/C28H35O2PS2/c1-3-5-12-25-16-10-18-27(22-25)29-31(32,33-21-20-24-14-8-7-9-15-24)30-28-19-11-17-26(23-28)13-6-4-2/h7-11,14-19,22-23H,3-6,12-13,20-21H2,1-2H3. The number of unbranched alkanes of at least 4 members (excludes halogenated alkanes) is 2. The molecule has 5 heteroatoms. The van der Waals surface area contributed by atoms with Crippen molar-refractivity contribution in [2.45, 2.75) is 58.8 Å². The van der Waals surface area contributed by atoms with E-state index in [4.69, 9.17) is 20.9 Å². The van der Waals surface area contributed by atoms with Crippen LogP contribution in [0.25, 0.3) is 0 Å². The van der Waals surface area contributed by atoms with E-state index in [-0.39, 0.29) is 0 Å².